The highest BCUT2D eigenvalue weighted by molar-refractivity contribution is 5.08. The molecule has 0 spiro atoms. The lowest BCUT2D eigenvalue weighted by Gasteiger charge is -2.30. The highest BCUT2D eigenvalue weighted by Gasteiger charge is 2.36. The van der Waals surface area contributed by atoms with Crippen molar-refractivity contribution in [3.63, 3.8) is 0 Å². The van der Waals surface area contributed by atoms with Crippen molar-refractivity contribution in [1.82, 2.24) is 15.5 Å². The maximum atomic E-state index is 5.65. The van der Waals surface area contributed by atoms with Crippen molar-refractivity contribution in [1.29, 1.82) is 0 Å². The molecule has 0 amide bonds. The Morgan fingerprint density at radius 1 is 1.50 bits per heavy atom. The van der Waals surface area contributed by atoms with Crippen LogP contribution >= 0.6 is 0 Å². The minimum absolute atomic E-state index is 0.0498. The Balaban J connectivity index is 2.19. The predicted molar refractivity (Wildman–Crippen MR) is 68.4 cm³/mol. The van der Waals surface area contributed by atoms with Crippen LogP contribution in [-0.4, -0.2) is 29.8 Å². The first kappa shape index (κ1) is 13.5. The average Bonchev–Trinajstić information content (AvgIpc) is 2.80. The minimum atomic E-state index is -0.491. The number of hydrogen-bond acceptors (Lipinski definition) is 5. The Morgan fingerprint density at radius 3 is 2.89 bits per heavy atom. The molecule has 102 valence electrons. The molecule has 1 saturated heterocycles. The zero-order valence-electron chi connectivity index (χ0n) is 11.7. The van der Waals surface area contributed by atoms with E-state index in [0.717, 1.165) is 31.8 Å². The zero-order valence-corrected chi connectivity index (χ0v) is 11.7. The quantitative estimate of drug-likeness (QED) is 0.889. The van der Waals surface area contributed by atoms with Gasteiger partial charge in [-0.25, -0.2) is 0 Å². The molecule has 1 aromatic rings. The Bertz CT molecular complexity index is 395. The monoisotopic (exact) mass is 253 g/mol. The topological polar surface area (TPSA) is 60.2 Å². The van der Waals surface area contributed by atoms with Crippen LogP contribution in [0.1, 0.15) is 52.3 Å². The van der Waals surface area contributed by atoms with Crippen LogP contribution in [0.2, 0.25) is 0 Å². The summed E-state index contributed by atoms with van der Waals surface area (Å²) >= 11 is 0. The fraction of sp³-hybridized carbons (Fsp3) is 0.846. The molecule has 0 aromatic carbocycles. The molecule has 0 aliphatic carbocycles. The molecule has 0 radical (unpaired) electrons. The molecule has 0 saturated carbocycles. The molecule has 1 aliphatic heterocycles. The maximum Gasteiger partial charge on any atom is 0.233 e. The van der Waals surface area contributed by atoms with Gasteiger partial charge >= 0.3 is 0 Å². The molecule has 0 bridgehead atoms. The van der Waals surface area contributed by atoms with Gasteiger partial charge in [-0.1, -0.05) is 5.16 Å². The molecule has 18 heavy (non-hydrogen) atoms. The third-order valence-electron chi connectivity index (χ3n) is 3.58. The number of aromatic nitrogens is 2. The van der Waals surface area contributed by atoms with Crippen molar-refractivity contribution >= 4 is 0 Å². The highest BCUT2D eigenvalue weighted by Crippen LogP contribution is 2.31. The second-order valence-electron chi connectivity index (χ2n) is 5.71. The predicted octanol–water partition coefficient (Wildman–Crippen LogP) is 1.98. The molecule has 1 aliphatic rings. The Morgan fingerprint density at radius 2 is 2.28 bits per heavy atom. The Kier molecular flexibility index (Phi) is 3.73. The van der Waals surface area contributed by atoms with E-state index in [-0.39, 0.29) is 5.41 Å². The first-order valence-electron chi connectivity index (χ1n) is 6.67. The summed E-state index contributed by atoms with van der Waals surface area (Å²) in [7, 11) is 0. The lowest BCUT2D eigenvalue weighted by molar-refractivity contribution is -0.0221. The number of rotatable bonds is 4. The summed E-state index contributed by atoms with van der Waals surface area (Å²) in [4.78, 5) is 4.55. The molecule has 5 nitrogen and oxygen atoms in total. The highest BCUT2D eigenvalue weighted by atomic mass is 16.5. The largest absolute Gasteiger partial charge is 0.368 e. The van der Waals surface area contributed by atoms with E-state index < -0.39 is 5.60 Å². The van der Waals surface area contributed by atoms with Crippen molar-refractivity contribution in [3.05, 3.63) is 11.7 Å². The Hall–Kier alpha value is -0.940. The second kappa shape index (κ2) is 4.97. The van der Waals surface area contributed by atoms with Crippen molar-refractivity contribution in [3.8, 4) is 0 Å². The van der Waals surface area contributed by atoms with Crippen LogP contribution < -0.4 is 5.32 Å². The van der Waals surface area contributed by atoms with E-state index in [0.29, 0.717) is 12.4 Å². The lowest BCUT2D eigenvalue weighted by atomic mass is 9.83. The Labute approximate surface area is 108 Å². The summed E-state index contributed by atoms with van der Waals surface area (Å²) < 4.78 is 11.1. The van der Waals surface area contributed by atoms with Gasteiger partial charge in [0.2, 0.25) is 11.7 Å². The van der Waals surface area contributed by atoms with Crippen molar-refractivity contribution in [2.75, 3.05) is 19.7 Å². The molecule has 1 aromatic heterocycles. The van der Waals surface area contributed by atoms with Crippen LogP contribution in [-0.2, 0) is 15.8 Å². The van der Waals surface area contributed by atoms with Crippen LogP contribution in [0.4, 0.5) is 0 Å². The smallest absolute Gasteiger partial charge is 0.233 e. The summed E-state index contributed by atoms with van der Waals surface area (Å²) in [6.45, 7) is 10.7. The van der Waals surface area contributed by atoms with Gasteiger partial charge in [-0.15, -0.1) is 0 Å². The van der Waals surface area contributed by atoms with Gasteiger partial charge in [-0.3, -0.25) is 0 Å². The fourth-order valence-corrected chi connectivity index (χ4v) is 2.38. The van der Waals surface area contributed by atoms with E-state index in [1.54, 1.807) is 0 Å². The molecule has 2 rings (SSSR count). The van der Waals surface area contributed by atoms with E-state index in [2.05, 4.69) is 22.4 Å². The van der Waals surface area contributed by atoms with Gasteiger partial charge in [0.1, 0.15) is 5.60 Å². The SMILES string of the molecule is CCOC(C)(C)c1noc(C2(C)CCCNC2)n1. The molecule has 1 unspecified atom stereocenters. The van der Waals surface area contributed by atoms with Crippen LogP contribution in [0.5, 0.6) is 0 Å². The summed E-state index contributed by atoms with van der Waals surface area (Å²) in [5.41, 5.74) is -0.541. The van der Waals surface area contributed by atoms with E-state index in [9.17, 15) is 0 Å². The fourth-order valence-electron chi connectivity index (χ4n) is 2.38. The van der Waals surface area contributed by atoms with Crippen LogP contribution in [0, 0.1) is 0 Å². The van der Waals surface area contributed by atoms with Gasteiger partial charge < -0.3 is 14.6 Å². The van der Waals surface area contributed by atoms with E-state index >= 15 is 0 Å². The van der Waals surface area contributed by atoms with Gasteiger partial charge in [0.15, 0.2) is 0 Å². The van der Waals surface area contributed by atoms with E-state index in [1.165, 1.54) is 0 Å². The first-order chi connectivity index (χ1) is 8.48. The van der Waals surface area contributed by atoms with Gasteiger partial charge in [-0.05, 0) is 47.1 Å². The molecule has 5 heteroatoms. The molecule has 1 N–H and O–H groups in total. The van der Waals surface area contributed by atoms with Crippen LogP contribution in [0.15, 0.2) is 4.52 Å². The molecule has 1 fully saturated rings. The normalized spacial score (nSPS) is 25.3. The van der Waals surface area contributed by atoms with Gasteiger partial charge in [0.25, 0.3) is 0 Å². The van der Waals surface area contributed by atoms with Crippen molar-refractivity contribution < 1.29 is 9.26 Å². The zero-order chi connectivity index (χ0) is 13.2. The van der Waals surface area contributed by atoms with E-state index in [4.69, 9.17) is 9.26 Å². The second-order valence-corrected chi connectivity index (χ2v) is 5.71. The minimum Gasteiger partial charge on any atom is -0.368 e. The molecule has 1 atom stereocenters. The number of nitrogens with one attached hydrogen (secondary N) is 1. The average molecular weight is 253 g/mol. The summed E-state index contributed by atoms with van der Waals surface area (Å²) in [5.74, 6) is 1.35. The van der Waals surface area contributed by atoms with Crippen molar-refractivity contribution in [2.24, 2.45) is 0 Å². The molecule has 2 heterocycles. The molecular formula is C13H23N3O2. The number of hydrogen-bond donors (Lipinski definition) is 1. The standard InChI is InChI=1S/C13H23N3O2/c1-5-17-12(2,3)10-15-11(18-16-10)13(4)7-6-8-14-9-13/h14H,5-9H2,1-4H3. The van der Waals surface area contributed by atoms with Crippen molar-refractivity contribution in [2.45, 2.75) is 51.6 Å². The lowest BCUT2D eigenvalue weighted by Crippen LogP contribution is -2.41. The van der Waals surface area contributed by atoms with Crippen LogP contribution in [0.3, 0.4) is 0 Å². The van der Waals surface area contributed by atoms with E-state index in [1.807, 2.05) is 20.8 Å². The third-order valence-corrected chi connectivity index (χ3v) is 3.58. The molecular weight excluding hydrogens is 230 g/mol. The van der Waals surface area contributed by atoms with Gasteiger partial charge in [0, 0.05) is 13.2 Å². The summed E-state index contributed by atoms with van der Waals surface area (Å²) in [5, 5.41) is 7.48. The number of piperidine rings is 1. The van der Waals surface area contributed by atoms with Gasteiger partial charge in [-0.2, -0.15) is 4.98 Å². The summed E-state index contributed by atoms with van der Waals surface area (Å²) in [6, 6.07) is 0. The maximum absolute atomic E-state index is 5.65. The number of nitrogens with zero attached hydrogens (tertiary/aromatic N) is 2. The summed E-state index contributed by atoms with van der Waals surface area (Å²) in [6.07, 6.45) is 2.22. The number of ether oxygens (including phenoxy) is 1. The van der Waals surface area contributed by atoms with Crippen LogP contribution in [0.25, 0.3) is 0 Å². The van der Waals surface area contributed by atoms with Gasteiger partial charge in [0.05, 0.1) is 5.41 Å². The first-order valence-corrected chi connectivity index (χ1v) is 6.67. The third kappa shape index (κ3) is 2.57.